The first-order valence-electron chi connectivity index (χ1n) is 11.0. The number of rotatable bonds is 5. The molecule has 0 unspecified atom stereocenters. The van der Waals surface area contributed by atoms with Gasteiger partial charge < -0.3 is 14.6 Å². The molecule has 4 rings (SSSR count). The Bertz CT molecular complexity index is 1150. The quantitative estimate of drug-likeness (QED) is 0.274. The standard InChI is InChI=1S/C25H27N5O2/c1-18-15-20-16-21(10-11-23(20)32-18)28-25(27-17-26)29-22-9-5-6-13-30(24(22)31)14-12-19-7-3-2-4-8-19/h2-4,7-8,10-11,15-16,22H,5-6,9,12-14H2,1H3,(H2,27,28,29)/t22-/m0/s1. The van der Waals surface area contributed by atoms with Crippen LogP contribution in [0.2, 0.25) is 0 Å². The minimum atomic E-state index is -0.517. The maximum atomic E-state index is 13.2. The van der Waals surface area contributed by atoms with Crippen molar-refractivity contribution in [3.8, 4) is 6.19 Å². The molecule has 164 valence electrons. The number of hydrogen-bond donors (Lipinski definition) is 2. The third kappa shape index (κ3) is 5.27. The maximum Gasteiger partial charge on any atom is 0.247 e. The molecule has 1 aliphatic heterocycles. The Morgan fingerprint density at radius 2 is 2.06 bits per heavy atom. The zero-order chi connectivity index (χ0) is 22.3. The highest BCUT2D eigenvalue weighted by Crippen LogP contribution is 2.23. The van der Waals surface area contributed by atoms with Crippen LogP contribution in [0.5, 0.6) is 0 Å². The average molecular weight is 430 g/mol. The molecule has 1 saturated heterocycles. The van der Waals surface area contributed by atoms with E-state index in [-0.39, 0.29) is 11.9 Å². The van der Waals surface area contributed by atoms with E-state index in [1.165, 1.54) is 5.56 Å². The molecule has 2 N–H and O–H groups in total. The molecule has 3 aromatic rings. The summed E-state index contributed by atoms with van der Waals surface area (Å²) in [5.74, 6) is 1.12. The van der Waals surface area contributed by atoms with E-state index in [9.17, 15) is 10.1 Å². The van der Waals surface area contributed by atoms with Gasteiger partial charge in [0.05, 0.1) is 0 Å². The second-order valence-electron chi connectivity index (χ2n) is 8.02. The van der Waals surface area contributed by atoms with Crippen LogP contribution >= 0.6 is 0 Å². The van der Waals surface area contributed by atoms with Crippen molar-refractivity contribution < 1.29 is 9.21 Å². The smallest absolute Gasteiger partial charge is 0.247 e. The molecule has 7 nitrogen and oxygen atoms in total. The van der Waals surface area contributed by atoms with Gasteiger partial charge in [-0.25, -0.2) is 4.99 Å². The Hall–Kier alpha value is -3.79. The lowest BCUT2D eigenvalue weighted by Crippen LogP contribution is -2.40. The lowest BCUT2D eigenvalue weighted by Gasteiger charge is -2.23. The minimum absolute atomic E-state index is 0.0124. The van der Waals surface area contributed by atoms with E-state index in [2.05, 4.69) is 27.8 Å². The number of likely N-dealkylation sites (tertiary alicyclic amines) is 1. The summed E-state index contributed by atoms with van der Waals surface area (Å²) in [4.78, 5) is 19.7. The number of nitriles is 1. The van der Waals surface area contributed by atoms with Gasteiger partial charge in [-0.2, -0.15) is 5.26 Å². The average Bonchev–Trinajstić information content (AvgIpc) is 3.08. The zero-order valence-corrected chi connectivity index (χ0v) is 18.2. The van der Waals surface area contributed by atoms with Crippen LogP contribution in [0.3, 0.4) is 0 Å². The number of carbonyl (C=O) groups is 1. The van der Waals surface area contributed by atoms with Gasteiger partial charge in [-0.3, -0.25) is 10.1 Å². The Morgan fingerprint density at radius 3 is 2.88 bits per heavy atom. The SMILES string of the molecule is Cc1cc2cc(NC(=N[C@H]3CCCCN(CCc4ccccc4)C3=O)NC#N)ccc2o1. The molecule has 0 saturated carbocycles. The topological polar surface area (TPSA) is 93.7 Å². The summed E-state index contributed by atoms with van der Waals surface area (Å²) in [7, 11) is 0. The first-order valence-corrected chi connectivity index (χ1v) is 11.0. The Kier molecular flexibility index (Phi) is 6.71. The molecular weight excluding hydrogens is 402 g/mol. The Morgan fingerprint density at radius 1 is 1.22 bits per heavy atom. The first-order chi connectivity index (χ1) is 15.6. The van der Waals surface area contributed by atoms with Crippen LogP contribution in [0.25, 0.3) is 11.0 Å². The van der Waals surface area contributed by atoms with Gasteiger partial charge in [0.15, 0.2) is 6.19 Å². The van der Waals surface area contributed by atoms with Crippen LogP contribution in [0.1, 0.15) is 30.6 Å². The van der Waals surface area contributed by atoms with Crippen molar-refractivity contribution in [1.29, 1.82) is 5.26 Å². The van der Waals surface area contributed by atoms with E-state index in [0.717, 1.165) is 48.2 Å². The molecule has 0 spiro atoms. The number of amides is 1. The number of hydrogen-bond acceptors (Lipinski definition) is 4. The fraction of sp³-hybridized carbons (Fsp3) is 0.320. The van der Waals surface area contributed by atoms with Crippen molar-refractivity contribution in [2.24, 2.45) is 4.99 Å². The van der Waals surface area contributed by atoms with Crippen LogP contribution in [0.15, 0.2) is 64.0 Å². The summed E-state index contributed by atoms with van der Waals surface area (Å²) >= 11 is 0. The number of benzene rings is 2. The molecule has 2 aromatic carbocycles. The lowest BCUT2D eigenvalue weighted by atomic mass is 10.1. The highest BCUT2D eigenvalue weighted by molar-refractivity contribution is 5.98. The van der Waals surface area contributed by atoms with E-state index >= 15 is 0 Å². The third-order valence-corrected chi connectivity index (χ3v) is 5.63. The first kappa shape index (κ1) is 21.4. The molecule has 32 heavy (non-hydrogen) atoms. The molecule has 1 amide bonds. The zero-order valence-electron chi connectivity index (χ0n) is 18.2. The fourth-order valence-corrected chi connectivity index (χ4v) is 4.03. The highest BCUT2D eigenvalue weighted by atomic mass is 16.3. The largest absolute Gasteiger partial charge is 0.461 e. The number of fused-ring (bicyclic) bond motifs is 1. The number of nitrogens with one attached hydrogen (secondary N) is 2. The van der Waals surface area contributed by atoms with Crippen LogP contribution in [-0.4, -0.2) is 35.9 Å². The maximum absolute atomic E-state index is 13.2. The van der Waals surface area contributed by atoms with Crippen LogP contribution in [0.4, 0.5) is 5.69 Å². The molecule has 1 atom stereocenters. The van der Waals surface area contributed by atoms with Crippen LogP contribution < -0.4 is 10.6 Å². The summed E-state index contributed by atoms with van der Waals surface area (Å²) in [5, 5.41) is 15.9. The molecule has 0 bridgehead atoms. The van der Waals surface area contributed by atoms with Gasteiger partial charge in [0.2, 0.25) is 11.9 Å². The Labute approximate surface area is 187 Å². The number of aryl methyl sites for hydroxylation is 1. The summed E-state index contributed by atoms with van der Waals surface area (Å²) in [6.45, 7) is 3.31. The third-order valence-electron chi connectivity index (χ3n) is 5.63. The minimum Gasteiger partial charge on any atom is -0.461 e. The fourth-order valence-electron chi connectivity index (χ4n) is 4.03. The molecule has 7 heteroatoms. The molecule has 0 aliphatic carbocycles. The summed E-state index contributed by atoms with van der Waals surface area (Å²) in [5.41, 5.74) is 2.78. The van der Waals surface area contributed by atoms with Gasteiger partial charge in [-0.1, -0.05) is 30.3 Å². The van der Waals surface area contributed by atoms with Gasteiger partial charge in [0.25, 0.3) is 0 Å². The second kappa shape index (κ2) is 10.0. The van der Waals surface area contributed by atoms with E-state index in [0.29, 0.717) is 13.0 Å². The van der Waals surface area contributed by atoms with E-state index in [1.807, 2.05) is 60.5 Å². The van der Waals surface area contributed by atoms with Crippen LogP contribution in [-0.2, 0) is 11.2 Å². The van der Waals surface area contributed by atoms with Gasteiger partial charge in [-0.15, -0.1) is 0 Å². The van der Waals surface area contributed by atoms with Crippen molar-refractivity contribution in [1.82, 2.24) is 10.2 Å². The Balaban J connectivity index is 1.49. The van der Waals surface area contributed by atoms with Crippen LogP contribution in [0, 0.1) is 18.4 Å². The van der Waals surface area contributed by atoms with E-state index in [1.54, 1.807) is 0 Å². The molecule has 1 fully saturated rings. The monoisotopic (exact) mass is 429 g/mol. The number of aliphatic imine (C=N–C) groups is 1. The molecule has 2 heterocycles. The highest BCUT2D eigenvalue weighted by Gasteiger charge is 2.27. The molecule has 0 radical (unpaired) electrons. The van der Waals surface area contributed by atoms with Gasteiger partial charge in [0, 0.05) is 24.2 Å². The number of anilines is 1. The van der Waals surface area contributed by atoms with Gasteiger partial charge in [-0.05, 0) is 62.4 Å². The van der Waals surface area contributed by atoms with E-state index < -0.39 is 6.04 Å². The number of carbonyl (C=O) groups excluding carboxylic acids is 1. The molecule has 1 aliphatic rings. The van der Waals surface area contributed by atoms with Crippen molar-refractivity contribution in [2.45, 2.75) is 38.6 Å². The second-order valence-corrected chi connectivity index (χ2v) is 8.02. The molecule has 1 aromatic heterocycles. The number of nitrogens with zero attached hydrogens (tertiary/aromatic N) is 3. The van der Waals surface area contributed by atoms with Crippen molar-refractivity contribution >= 4 is 28.5 Å². The lowest BCUT2D eigenvalue weighted by molar-refractivity contribution is -0.131. The predicted octanol–water partition coefficient (Wildman–Crippen LogP) is 4.20. The number of guanidine groups is 1. The normalized spacial score (nSPS) is 17.1. The summed E-state index contributed by atoms with van der Waals surface area (Å²) in [6.07, 6.45) is 5.27. The van der Waals surface area contributed by atoms with E-state index in [4.69, 9.17) is 4.42 Å². The van der Waals surface area contributed by atoms with Crippen molar-refractivity contribution in [3.05, 3.63) is 65.9 Å². The van der Waals surface area contributed by atoms with Crippen molar-refractivity contribution in [2.75, 3.05) is 18.4 Å². The predicted molar refractivity (Wildman–Crippen MR) is 125 cm³/mol. The summed E-state index contributed by atoms with van der Waals surface area (Å²) < 4.78 is 5.62. The van der Waals surface area contributed by atoms with Gasteiger partial charge >= 0.3 is 0 Å². The number of furan rings is 1. The van der Waals surface area contributed by atoms with Crippen molar-refractivity contribution in [3.63, 3.8) is 0 Å². The van der Waals surface area contributed by atoms with Gasteiger partial charge in [0.1, 0.15) is 17.4 Å². The molecular formula is C25H27N5O2. The summed E-state index contributed by atoms with van der Waals surface area (Å²) in [6, 6.07) is 17.3.